The summed E-state index contributed by atoms with van der Waals surface area (Å²) in [6.07, 6.45) is 4.43. The summed E-state index contributed by atoms with van der Waals surface area (Å²) in [6.45, 7) is 2.13. The monoisotopic (exact) mass is 501 g/mol. The standard InChI is InChI=1S/C23H24N3O8P/c1-15-18(24-23(34-15)20-5-4-9-31-20)14-32-19-7-6-16(11-21(19)30-3)13-33-22-17(12-26(2)25-22)8-10-35(27,28)29/h4-12H,13-14H2,1-3H3,(H2,27,28,29). The van der Waals surface area contributed by atoms with Gasteiger partial charge in [0.05, 0.1) is 18.9 Å². The first-order valence-electron chi connectivity index (χ1n) is 10.4. The van der Waals surface area contributed by atoms with E-state index in [9.17, 15) is 4.57 Å². The molecule has 0 fully saturated rings. The number of hydrogen-bond donors (Lipinski definition) is 2. The van der Waals surface area contributed by atoms with Gasteiger partial charge >= 0.3 is 7.60 Å². The van der Waals surface area contributed by atoms with E-state index in [0.717, 1.165) is 11.4 Å². The summed E-state index contributed by atoms with van der Waals surface area (Å²) in [5.74, 6) is 3.61. The summed E-state index contributed by atoms with van der Waals surface area (Å²) in [6, 6.07) is 8.87. The molecule has 0 atom stereocenters. The molecule has 0 aliphatic heterocycles. The number of hydrogen-bond acceptors (Lipinski definition) is 8. The molecule has 0 saturated carbocycles. The Kier molecular flexibility index (Phi) is 7.11. The first kappa shape index (κ1) is 24.3. The Bertz CT molecular complexity index is 1370. The molecule has 12 heteroatoms. The van der Waals surface area contributed by atoms with Gasteiger partial charge in [-0.3, -0.25) is 9.25 Å². The number of furan rings is 1. The molecule has 0 saturated heterocycles. The van der Waals surface area contributed by atoms with Gasteiger partial charge in [-0.15, -0.1) is 5.10 Å². The molecule has 0 radical (unpaired) electrons. The van der Waals surface area contributed by atoms with E-state index in [1.165, 1.54) is 17.9 Å². The molecule has 0 amide bonds. The number of methoxy groups -OCH3 is 1. The average molecular weight is 501 g/mol. The summed E-state index contributed by atoms with van der Waals surface area (Å²) >= 11 is 0. The topological polar surface area (TPSA) is 142 Å². The Morgan fingerprint density at radius 1 is 1.17 bits per heavy atom. The van der Waals surface area contributed by atoms with Crippen molar-refractivity contribution in [3.63, 3.8) is 0 Å². The van der Waals surface area contributed by atoms with Gasteiger partial charge in [0, 0.05) is 19.1 Å². The van der Waals surface area contributed by atoms with E-state index in [-0.39, 0.29) is 19.1 Å². The minimum atomic E-state index is -4.30. The van der Waals surface area contributed by atoms with Crippen molar-refractivity contribution in [2.24, 2.45) is 7.05 Å². The predicted octanol–water partition coefficient (Wildman–Crippen LogP) is 4.29. The number of aryl methyl sites for hydroxylation is 2. The van der Waals surface area contributed by atoms with E-state index in [2.05, 4.69) is 10.1 Å². The lowest BCUT2D eigenvalue weighted by Crippen LogP contribution is -2.02. The van der Waals surface area contributed by atoms with Crippen molar-refractivity contribution in [1.29, 1.82) is 0 Å². The maximum absolute atomic E-state index is 11.1. The van der Waals surface area contributed by atoms with Crippen LogP contribution in [-0.2, 0) is 24.8 Å². The molecule has 4 rings (SSSR count). The van der Waals surface area contributed by atoms with Crippen LogP contribution in [0.3, 0.4) is 0 Å². The molecule has 0 spiro atoms. The van der Waals surface area contributed by atoms with Gasteiger partial charge in [0.1, 0.15) is 24.7 Å². The Balaban J connectivity index is 1.42. The van der Waals surface area contributed by atoms with Crippen LogP contribution in [0.4, 0.5) is 0 Å². The second kappa shape index (κ2) is 10.2. The first-order valence-corrected chi connectivity index (χ1v) is 12.1. The minimum Gasteiger partial charge on any atom is -0.493 e. The number of benzene rings is 1. The minimum absolute atomic E-state index is 0.152. The summed E-state index contributed by atoms with van der Waals surface area (Å²) in [5, 5.41) is 4.19. The van der Waals surface area contributed by atoms with Crippen LogP contribution in [0.15, 0.2) is 57.4 Å². The highest BCUT2D eigenvalue weighted by molar-refractivity contribution is 7.55. The third-order valence-corrected chi connectivity index (χ3v) is 5.40. The summed E-state index contributed by atoms with van der Waals surface area (Å²) in [7, 11) is -1.08. The maximum Gasteiger partial charge on any atom is 0.349 e. The quantitative estimate of drug-likeness (QED) is 0.302. The van der Waals surface area contributed by atoms with Gasteiger partial charge in [0.2, 0.25) is 5.88 Å². The smallest absolute Gasteiger partial charge is 0.349 e. The molecule has 2 N–H and O–H groups in total. The zero-order valence-corrected chi connectivity index (χ0v) is 20.1. The van der Waals surface area contributed by atoms with Gasteiger partial charge in [-0.25, -0.2) is 4.98 Å². The Morgan fingerprint density at radius 2 is 2.00 bits per heavy atom. The van der Waals surface area contributed by atoms with Gasteiger partial charge < -0.3 is 32.8 Å². The Labute approximate surface area is 200 Å². The molecule has 1 aromatic carbocycles. The maximum atomic E-state index is 11.1. The van der Waals surface area contributed by atoms with Crippen molar-refractivity contribution >= 4 is 13.7 Å². The first-order chi connectivity index (χ1) is 16.7. The van der Waals surface area contributed by atoms with Crippen molar-refractivity contribution in [3.05, 3.63) is 71.2 Å². The number of ether oxygens (including phenoxy) is 3. The van der Waals surface area contributed by atoms with Crippen LogP contribution in [0, 0.1) is 6.92 Å². The number of rotatable bonds is 10. The molecule has 35 heavy (non-hydrogen) atoms. The predicted molar refractivity (Wildman–Crippen MR) is 125 cm³/mol. The number of aromatic nitrogens is 3. The van der Waals surface area contributed by atoms with Gasteiger partial charge in [-0.05, 0) is 42.8 Å². The van der Waals surface area contributed by atoms with Crippen LogP contribution in [0.25, 0.3) is 17.7 Å². The second-order valence-electron chi connectivity index (χ2n) is 7.53. The molecular formula is C23H24N3O8P. The van der Waals surface area contributed by atoms with E-state index in [1.54, 1.807) is 50.7 Å². The van der Waals surface area contributed by atoms with Gasteiger partial charge in [0.15, 0.2) is 17.3 Å². The van der Waals surface area contributed by atoms with Crippen molar-refractivity contribution in [2.75, 3.05) is 7.11 Å². The largest absolute Gasteiger partial charge is 0.493 e. The zero-order chi connectivity index (χ0) is 25.0. The lowest BCUT2D eigenvalue weighted by molar-refractivity contribution is 0.275. The number of oxazole rings is 1. The van der Waals surface area contributed by atoms with Crippen LogP contribution in [0.1, 0.15) is 22.6 Å². The molecule has 0 bridgehead atoms. The van der Waals surface area contributed by atoms with Crippen molar-refractivity contribution in [1.82, 2.24) is 14.8 Å². The van der Waals surface area contributed by atoms with Gasteiger partial charge in [-0.1, -0.05) is 6.07 Å². The fraction of sp³-hybridized carbons (Fsp3) is 0.217. The highest BCUT2D eigenvalue weighted by Gasteiger charge is 2.16. The molecule has 4 aromatic rings. The molecular weight excluding hydrogens is 477 g/mol. The summed E-state index contributed by atoms with van der Waals surface area (Å²) in [4.78, 5) is 22.6. The third-order valence-electron chi connectivity index (χ3n) is 4.86. The molecule has 0 unspecified atom stereocenters. The van der Waals surface area contributed by atoms with E-state index in [0.29, 0.717) is 40.2 Å². The van der Waals surface area contributed by atoms with Crippen LogP contribution < -0.4 is 14.2 Å². The average Bonchev–Trinajstić information content (AvgIpc) is 3.55. The van der Waals surface area contributed by atoms with Crippen LogP contribution in [-0.4, -0.2) is 31.7 Å². The third kappa shape index (κ3) is 6.21. The van der Waals surface area contributed by atoms with E-state index < -0.39 is 7.60 Å². The van der Waals surface area contributed by atoms with Gasteiger partial charge in [0.25, 0.3) is 5.89 Å². The fourth-order valence-electron chi connectivity index (χ4n) is 3.18. The SMILES string of the molecule is COc1cc(COc2nn(C)cc2C=CP(=O)(O)O)ccc1OCc1nc(-c2ccco2)oc1C. The lowest BCUT2D eigenvalue weighted by Gasteiger charge is -2.12. The van der Waals surface area contributed by atoms with E-state index in [4.69, 9.17) is 32.8 Å². The van der Waals surface area contributed by atoms with Crippen molar-refractivity contribution < 1.29 is 37.4 Å². The molecule has 0 aliphatic rings. The lowest BCUT2D eigenvalue weighted by atomic mass is 10.2. The number of nitrogens with zero attached hydrogens (tertiary/aromatic N) is 3. The normalized spacial score (nSPS) is 11.8. The highest BCUT2D eigenvalue weighted by atomic mass is 31.2. The molecule has 184 valence electrons. The zero-order valence-electron chi connectivity index (χ0n) is 19.2. The van der Waals surface area contributed by atoms with E-state index in [1.807, 2.05) is 6.07 Å². The molecule has 11 nitrogen and oxygen atoms in total. The Morgan fingerprint density at radius 3 is 2.71 bits per heavy atom. The van der Waals surface area contributed by atoms with Gasteiger partial charge in [-0.2, -0.15) is 0 Å². The second-order valence-corrected chi connectivity index (χ2v) is 9.01. The molecule has 3 heterocycles. The van der Waals surface area contributed by atoms with Crippen LogP contribution in [0.2, 0.25) is 0 Å². The molecule has 0 aliphatic carbocycles. The highest BCUT2D eigenvalue weighted by Crippen LogP contribution is 2.37. The summed E-state index contributed by atoms with van der Waals surface area (Å²) in [5.41, 5.74) is 1.86. The summed E-state index contributed by atoms with van der Waals surface area (Å²) < 4.78 is 40.7. The molecule has 3 aromatic heterocycles. The van der Waals surface area contributed by atoms with Crippen LogP contribution >= 0.6 is 7.60 Å². The van der Waals surface area contributed by atoms with E-state index >= 15 is 0 Å². The van der Waals surface area contributed by atoms with Crippen molar-refractivity contribution in [3.8, 4) is 29.0 Å². The Hall–Kier alpha value is -3.79. The van der Waals surface area contributed by atoms with Crippen LogP contribution in [0.5, 0.6) is 17.4 Å². The fourth-order valence-corrected chi connectivity index (χ4v) is 3.53. The van der Waals surface area contributed by atoms with Crippen molar-refractivity contribution in [2.45, 2.75) is 20.1 Å².